The van der Waals surface area contributed by atoms with E-state index in [0.717, 1.165) is 36.4 Å². The van der Waals surface area contributed by atoms with Crippen LogP contribution >= 0.6 is 0 Å². The quantitative estimate of drug-likeness (QED) is 0.928. The Morgan fingerprint density at radius 1 is 1.20 bits per heavy atom. The number of fused-ring (bicyclic) bond motifs is 1. The molecule has 4 rings (SSSR count). The van der Waals surface area contributed by atoms with E-state index < -0.39 is 0 Å². The minimum atomic E-state index is -0.275. The van der Waals surface area contributed by atoms with Crippen LogP contribution in [-0.2, 0) is 4.74 Å². The Morgan fingerprint density at radius 3 is 2.80 bits per heavy atom. The number of para-hydroxylation sites is 2. The molecule has 2 heterocycles. The average Bonchev–Trinajstić information content (AvgIpc) is 3.17. The highest BCUT2D eigenvalue weighted by Gasteiger charge is 2.36. The Bertz CT molecular complexity index is 771. The van der Waals surface area contributed by atoms with E-state index in [2.05, 4.69) is 5.32 Å². The maximum absolute atomic E-state index is 13.2. The van der Waals surface area contributed by atoms with Crippen LogP contribution in [-0.4, -0.2) is 37.2 Å². The number of nitrogens with one attached hydrogen (secondary N) is 1. The molecule has 1 saturated heterocycles. The van der Waals surface area contributed by atoms with Gasteiger partial charge in [0.25, 0.3) is 5.91 Å². The molecule has 5 nitrogen and oxygen atoms in total. The van der Waals surface area contributed by atoms with Crippen LogP contribution in [0.25, 0.3) is 0 Å². The third kappa shape index (κ3) is 2.96. The van der Waals surface area contributed by atoms with Crippen LogP contribution in [0.3, 0.4) is 0 Å². The standard InChI is InChI=1S/C20H22N2O3/c1-24-18-11-5-3-9-16(18)19-21-17-10-4-2-8-15(17)20(23)22(19)13-14-7-6-12-25-14/h2-5,8-11,14,19,21H,6-7,12-13H2,1H3/t14-,19+/m0/s1. The van der Waals surface area contributed by atoms with E-state index in [-0.39, 0.29) is 18.2 Å². The van der Waals surface area contributed by atoms with Crippen molar-refractivity contribution in [3.8, 4) is 5.75 Å². The Hall–Kier alpha value is -2.53. The van der Waals surface area contributed by atoms with Gasteiger partial charge in [-0.05, 0) is 31.0 Å². The topological polar surface area (TPSA) is 50.8 Å². The molecular formula is C20H22N2O3. The van der Waals surface area contributed by atoms with Crippen LogP contribution in [0.1, 0.15) is 34.9 Å². The molecule has 0 aliphatic carbocycles. The number of hydrogen-bond acceptors (Lipinski definition) is 4. The maximum atomic E-state index is 13.2. The molecule has 130 valence electrons. The predicted molar refractivity (Wildman–Crippen MR) is 95.8 cm³/mol. The fraction of sp³-hybridized carbons (Fsp3) is 0.350. The second kappa shape index (κ2) is 6.76. The van der Waals surface area contributed by atoms with Crippen molar-refractivity contribution < 1.29 is 14.3 Å². The lowest BCUT2D eigenvalue weighted by Gasteiger charge is -2.39. The van der Waals surface area contributed by atoms with E-state index in [9.17, 15) is 4.79 Å². The van der Waals surface area contributed by atoms with Gasteiger partial charge in [-0.15, -0.1) is 0 Å². The number of methoxy groups -OCH3 is 1. The summed E-state index contributed by atoms with van der Waals surface area (Å²) in [6.45, 7) is 1.35. The highest BCUT2D eigenvalue weighted by molar-refractivity contribution is 6.01. The first-order chi connectivity index (χ1) is 12.3. The summed E-state index contributed by atoms with van der Waals surface area (Å²) < 4.78 is 11.3. The number of benzene rings is 2. The third-order valence-electron chi connectivity index (χ3n) is 4.88. The Morgan fingerprint density at radius 2 is 2.00 bits per heavy atom. The molecule has 0 unspecified atom stereocenters. The van der Waals surface area contributed by atoms with Crippen LogP contribution in [0, 0.1) is 0 Å². The predicted octanol–water partition coefficient (Wildman–Crippen LogP) is 3.44. The number of amides is 1. The van der Waals surface area contributed by atoms with Crippen LogP contribution in [0.15, 0.2) is 48.5 Å². The first-order valence-corrected chi connectivity index (χ1v) is 8.69. The Balaban J connectivity index is 1.74. The fourth-order valence-corrected chi connectivity index (χ4v) is 3.63. The van der Waals surface area contributed by atoms with Crippen molar-refractivity contribution in [3.63, 3.8) is 0 Å². The van der Waals surface area contributed by atoms with Crippen molar-refractivity contribution in [1.82, 2.24) is 4.90 Å². The molecule has 1 fully saturated rings. The van der Waals surface area contributed by atoms with E-state index in [0.29, 0.717) is 12.1 Å². The summed E-state index contributed by atoms with van der Waals surface area (Å²) in [5, 5.41) is 3.51. The number of ether oxygens (including phenoxy) is 2. The molecule has 2 aromatic rings. The first kappa shape index (κ1) is 16.0. The van der Waals surface area contributed by atoms with Gasteiger partial charge in [-0.2, -0.15) is 0 Å². The number of hydrogen-bond donors (Lipinski definition) is 1. The van der Waals surface area contributed by atoms with E-state index in [1.165, 1.54) is 0 Å². The molecule has 2 aliphatic heterocycles. The van der Waals surface area contributed by atoms with Crippen molar-refractivity contribution in [3.05, 3.63) is 59.7 Å². The largest absolute Gasteiger partial charge is 0.496 e. The van der Waals surface area contributed by atoms with Crippen LogP contribution in [0.4, 0.5) is 5.69 Å². The van der Waals surface area contributed by atoms with Gasteiger partial charge in [0.15, 0.2) is 0 Å². The minimum Gasteiger partial charge on any atom is -0.496 e. The van der Waals surface area contributed by atoms with Crippen LogP contribution < -0.4 is 10.1 Å². The van der Waals surface area contributed by atoms with Crippen molar-refractivity contribution in [1.29, 1.82) is 0 Å². The van der Waals surface area contributed by atoms with Gasteiger partial charge in [0.2, 0.25) is 0 Å². The lowest BCUT2D eigenvalue weighted by Crippen LogP contribution is -2.46. The van der Waals surface area contributed by atoms with Gasteiger partial charge in [-0.25, -0.2) is 0 Å². The third-order valence-corrected chi connectivity index (χ3v) is 4.88. The van der Waals surface area contributed by atoms with Crippen LogP contribution in [0.2, 0.25) is 0 Å². The molecule has 25 heavy (non-hydrogen) atoms. The molecule has 2 atom stereocenters. The van der Waals surface area contributed by atoms with Gasteiger partial charge >= 0.3 is 0 Å². The summed E-state index contributed by atoms with van der Waals surface area (Å²) in [5.41, 5.74) is 2.50. The highest BCUT2D eigenvalue weighted by Crippen LogP contribution is 2.37. The summed E-state index contributed by atoms with van der Waals surface area (Å²) >= 11 is 0. The van der Waals surface area contributed by atoms with Crippen molar-refractivity contribution in [2.24, 2.45) is 0 Å². The van der Waals surface area contributed by atoms with Gasteiger partial charge in [-0.3, -0.25) is 4.79 Å². The Kier molecular flexibility index (Phi) is 4.32. The van der Waals surface area contributed by atoms with E-state index in [4.69, 9.17) is 9.47 Å². The van der Waals surface area contributed by atoms with E-state index in [1.54, 1.807) is 7.11 Å². The molecule has 0 spiro atoms. The zero-order valence-corrected chi connectivity index (χ0v) is 14.3. The van der Waals surface area contributed by atoms with Gasteiger partial charge in [0, 0.05) is 24.4 Å². The molecule has 1 amide bonds. The lowest BCUT2D eigenvalue weighted by molar-refractivity contribution is 0.0424. The molecular weight excluding hydrogens is 316 g/mol. The van der Waals surface area contributed by atoms with Crippen molar-refractivity contribution in [2.75, 3.05) is 25.6 Å². The van der Waals surface area contributed by atoms with Crippen LogP contribution in [0.5, 0.6) is 5.75 Å². The molecule has 0 saturated carbocycles. The highest BCUT2D eigenvalue weighted by atomic mass is 16.5. The summed E-state index contributed by atoms with van der Waals surface area (Å²) in [7, 11) is 1.65. The monoisotopic (exact) mass is 338 g/mol. The zero-order valence-electron chi connectivity index (χ0n) is 14.3. The number of nitrogens with zero attached hydrogens (tertiary/aromatic N) is 1. The van der Waals surface area contributed by atoms with Gasteiger partial charge in [0.1, 0.15) is 11.9 Å². The second-order valence-corrected chi connectivity index (χ2v) is 6.43. The molecule has 5 heteroatoms. The summed E-state index contributed by atoms with van der Waals surface area (Å²) in [4.78, 5) is 15.0. The normalized spacial score (nSPS) is 22.4. The number of carbonyl (C=O) groups is 1. The number of anilines is 1. The van der Waals surface area contributed by atoms with Gasteiger partial charge < -0.3 is 19.7 Å². The molecule has 2 aromatic carbocycles. The van der Waals surface area contributed by atoms with Gasteiger partial charge in [-0.1, -0.05) is 30.3 Å². The lowest BCUT2D eigenvalue weighted by atomic mass is 10.0. The molecule has 0 bridgehead atoms. The first-order valence-electron chi connectivity index (χ1n) is 8.69. The van der Waals surface area contributed by atoms with E-state index >= 15 is 0 Å². The smallest absolute Gasteiger partial charge is 0.257 e. The SMILES string of the molecule is COc1ccccc1[C@@H]1Nc2ccccc2C(=O)N1C[C@@H]1CCCO1. The Labute approximate surface area is 147 Å². The molecule has 2 aliphatic rings. The van der Waals surface area contributed by atoms with E-state index in [1.807, 2.05) is 53.4 Å². The zero-order chi connectivity index (χ0) is 17.2. The molecule has 1 N–H and O–H groups in total. The molecule has 0 aromatic heterocycles. The van der Waals surface area contributed by atoms with Crippen molar-refractivity contribution in [2.45, 2.75) is 25.1 Å². The maximum Gasteiger partial charge on any atom is 0.257 e. The fourth-order valence-electron chi connectivity index (χ4n) is 3.63. The second-order valence-electron chi connectivity index (χ2n) is 6.43. The summed E-state index contributed by atoms with van der Waals surface area (Å²) in [5.74, 6) is 0.797. The number of carbonyl (C=O) groups excluding carboxylic acids is 1. The van der Waals surface area contributed by atoms with Crippen molar-refractivity contribution >= 4 is 11.6 Å². The minimum absolute atomic E-state index is 0.0285. The number of rotatable bonds is 4. The summed E-state index contributed by atoms with van der Waals surface area (Å²) in [6, 6.07) is 15.5. The summed E-state index contributed by atoms with van der Waals surface area (Å²) in [6.07, 6.45) is 1.86. The average molecular weight is 338 g/mol. The molecule has 0 radical (unpaired) electrons. The van der Waals surface area contributed by atoms with Gasteiger partial charge in [0.05, 0.1) is 18.8 Å².